The van der Waals surface area contributed by atoms with E-state index in [2.05, 4.69) is 17.3 Å². The van der Waals surface area contributed by atoms with Crippen LogP contribution < -0.4 is 10.9 Å². The van der Waals surface area contributed by atoms with Crippen molar-refractivity contribution >= 4 is 5.69 Å². The van der Waals surface area contributed by atoms with Crippen molar-refractivity contribution in [3.05, 3.63) is 22.6 Å². The quantitative estimate of drug-likeness (QED) is 0.717. The summed E-state index contributed by atoms with van der Waals surface area (Å²) in [6.07, 6.45) is 2.69. The van der Waals surface area contributed by atoms with Crippen molar-refractivity contribution in [1.29, 1.82) is 0 Å². The zero-order chi connectivity index (χ0) is 8.97. The molecule has 1 aromatic heterocycles. The molecular formula is C8H13N3O. The summed E-state index contributed by atoms with van der Waals surface area (Å²) in [7, 11) is 1.63. The predicted molar refractivity (Wildman–Crippen MR) is 48.3 cm³/mol. The van der Waals surface area contributed by atoms with Crippen molar-refractivity contribution in [3.8, 4) is 0 Å². The second-order valence-corrected chi connectivity index (χ2v) is 2.63. The van der Waals surface area contributed by atoms with E-state index in [0.717, 1.165) is 18.7 Å². The molecule has 0 saturated heterocycles. The monoisotopic (exact) mass is 167 g/mol. The van der Waals surface area contributed by atoms with Crippen LogP contribution in [0.1, 0.15) is 13.3 Å². The summed E-state index contributed by atoms with van der Waals surface area (Å²) in [5.74, 6) is 0. The van der Waals surface area contributed by atoms with Crippen LogP contribution in [0.2, 0.25) is 0 Å². The van der Waals surface area contributed by atoms with E-state index >= 15 is 0 Å². The normalized spacial score (nSPS) is 9.83. The fourth-order valence-corrected chi connectivity index (χ4v) is 0.835. The summed E-state index contributed by atoms with van der Waals surface area (Å²) < 4.78 is 1.30. The Morgan fingerprint density at radius 2 is 2.42 bits per heavy atom. The van der Waals surface area contributed by atoms with Crippen LogP contribution in [0.25, 0.3) is 0 Å². The third-order valence-corrected chi connectivity index (χ3v) is 1.55. The summed E-state index contributed by atoms with van der Waals surface area (Å²) in [6, 6.07) is 1.54. The minimum absolute atomic E-state index is 0.0869. The molecule has 0 aliphatic rings. The first-order valence-corrected chi connectivity index (χ1v) is 4.01. The lowest BCUT2D eigenvalue weighted by molar-refractivity contribution is 0.707. The number of anilines is 1. The smallest absolute Gasteiger partial charge is 0.268 e. The first-order valence-electron chi connectivity index (χ1n) is 4.01. The fourth-order valence-electron chi connectivity index (χ4n) is 0.835. The van der Waals surface area contributed by atoms with Gasteiger partial charge in [0.15, 0.2) is 0 Å². The van der Waals surface area contributed by atoms with Crippen molar-refractivity contribution in [2.24, 2.45) is 7.05 Å². The lowest BCUT2D eigenvalue weighted by Gasteiger charge is -2.03. The Bertz CT molecular complexity index is 305. The second kappa shape index (κ2) is 3.90. The van der Waals surface area contributed by atoms with Gasteiger partial charge in [-0.15, -0.1) is 0 Å². The highest BCUT2D eigenvalue weighted by molar-refractivity contribution is 5.38. The van der Waals surface area contributed by atoms with Gasteiger partial charge in [0.2, 0.25) is 0 Å². The molecule has 0 aliphatic heterocycles. The molecule has 66 valence electrons. The van der Waals surface area contributed by atoms with Crippen LogP contribution in [-0.4, -0.2) is 16.3 Å². The van der Waals surface area contributed by atoms with Crippen LogP contribution >= 0.6 is 0 Å². The van der Waals surface area contributed by atoms with Gasteiger partial charge in [0, 0.05) is 19.7 Å². The largest absolute Gasteiger partial charge is 0.384 e. The van der Waals surface area contributed by atoms with Gasteiger partial charge in [-0.05, 0) is 6.42 Å². The maximum absolute atomic E-state index is 11.1. The molecule has 0 amide bonds. The molecular weight excluding hydrogens is 154 g/mol. The molecule has 1 heterocycles. The van der Waals surface area contributed by atoms with Crippen molar-refractivity contribution in [2.45, 2.75) is 13.3 Å². The molecule has 0 saturated carbocycles. The van der Waals surface area contributed by atoms with Gasteiger partial charge in [-0.25, -0.2) is 4.68 Å². The molecule has 0 fully saturated rings. The molecule has 4 nitrogen and oxygen atoms in total. The van der Waals surface area contributed by atoms with Crippen LogP contribution in [0.3, 0.4) is 0 Å². The number of rotatable bonds is 3. The number of nitrogens with one attached hydrogen (secondary N) is 1. The van der Waals surface area contributed by atoms with E-state index in [9.17, 15) is 4.79 Å². The highest BCUT2D eigenvalue weighted by Gasteiger charge is 1.93. The predicted octanol–water partition coefficient (Wildman–Crippen LogP) is 0.602. The van der Waals surface area contributed by atoms with Gasteiger partial charge in [0.1, 0.15) is 0 Å². The van der Waals surface area contributed by atoms with Crippen LogP contribution in [0, 0.1) is 0 Å². The van der Waals surface area contributed by atoms with E-state index in [1.807, 2.05) is 0 Å². The zero-order valence-electron chi connectivity index (χ0n) is 7.37. The first-order chi connectivity index (χ1) is 5.74. The average molecular weight is 167 g/mol. The summed E-state index contributed by atoms with van der Waals surface area (Å²) in [4.78, 5) is 11.1. The number of nitrogens with zero attached hydrogens (tertiary/aromatic N) is 2. The third kappa shape index (κ3) is 2.08. The Hall–Kier alpha value is -1.32. The fraction of sp³-hybridized carbons (Fsp3) is 0.500. The average Bonchev–Trinajstić information content (AvgIpc) is 2.07. The Labute approximate surface area is 71.2 Å². The third-order valence-electron chi connectivity index (χ3n) is 1.55. The number of aryl methyl sites for hydroxylation is 1. The molecule has 0 bridgehead atoms. The van der Waals surface area contributed by atoms with Crippen LogP contribution in [0.5, 0.6) is 0 Å². The lowest BCUT2D eigenvalue weighted by atomic mass is 10.4. The van der Waals surface area contributed by atoms with Crippen LogP contribution in [0.4, 0.5) is 5.69 Å². The SMILES string of the molecule is CCCNc1cnn(C)c(=O)c1. The van der Waals surface area contributed by atoms with E-state index in [1.54, 1.807) is 19.3 Å². The molecule has 1 N–H and O–H groups in total. The van der Waals surface area contributed by atoms with Crippen LogP contribution in [-0.2, 0) is 7.05 Å². The van der Waals surface area contributed by atoms with Gasteiger partial charge >= 0.3 is 0 Å². The highest BCUT2D eigenvalue weighted by atomic mass is 16.1. The van der Waals surface area contributed by atoms with E-state index in [1.165, 1.54) is 4.68 Å². The lowest BCUT2D eigenvalue weighted by Crippen LogP contribution is -2.19. The van der Waals surface area contributed by atoms with E-state index in [-0.39, 0.29) is 5.56 Å². The minimum atomic E-state index is -0.0869. The molecule has 12 heavy (non-hydrogen) atoms. The minimum Gasteiger partial charge on any atom is -0.384 e. The maximum atomic E-state index is 11.1. The topological polar surface area (TPSA) is 46.9 Å². The van der Waals surface area contributed by atoms with E-state index in [4.69, 9.17) is 0 Å². The Balaban J connectivity index is 2.76. The highest BCUT2D eigenvalue weighted by Crippen LogP contribution is 1.98. The molecule has 1 rings (SSSR count). The summed E-state index contributed by atoms with van der Waals surface area (Å²) in [6.45, 7) is 2.94. The van der Waals surface area contributed by atoms with Crippen molar-refractivity contribution in [1.82, 2.24) is 9.78 Å². The van der Waals surface area contributed by atoms with Crippen molar-refractivity contribution in [2.75, 3.05) is 11.9 Å². The number of aromatic nitrogens is 2. The van der Waals surface area contributed by atoms with Gasteiger partial charge in [-0.1, -0.05) is 6.92 Å². The number of hydrogen-bond acceptors (Lipinski definition) is 3. The summed E-state index contributed by atoms with van der Waals surface area (Å²) in [5, 5.41) is 6.96. The standard InChI is InChI=1S/C8H13N3O/c1-3-4-9-7-5-8(12)11(2)10-6-7/h5-6,9H,3-4H2,1-2H3. The van der Waals surface area contributed by atoms with Gasteiger partial charge in [0.05, 0.1) is 11.9 Å². The van der Waals surface area contributed by atoms with Gasteiger partial charge in [0.25, 0.3) is 5.56 Å². The molecule has 1 aromatic rings. The zero-order valence-corrected chi connectivity index (χ0v) is 7.37. The van der Waals surface area contributed by atoms with Crippen molar-refractivity contribution < 1.29 is 0 Å². The molecule has 4 heteroatoms. The Morgan fingerprint density at radius 1 is 1.67 bits per heavy atom. The van der Waals surface area contributed by atoms with E-state index < -0.39 is 0 Å². The Morgan fingerprint density at radius 3 is 3.00 bits per heavy atom. The second-order valence-electron chi connectivity index (χ2n) is 2.63. The molecule has 0 aromatic carbocycles. The Kier molecular flexibility index (Phi) is 2.85. The molecule has 0 spiro atoms. The molecule has 0 aliphatic carbocycles. The first kappa shape index (κ1) is 8.77. The summed E-state index contributed by atoms with van der Waals surface area (Å²) >= 11 is 0. The summed E-state index contributed by atoms with van der Waals surface area (Å²) in [5.41, 5.74) is 0.705. The number of hydrogen-bond donors (Lipinski definition) is 1. The molecule has 0 unspecified atom stereocenters. The molecule has 0 atom stereocenters. The van der Waals surface area contributed by atoms with E-state index in [0.29, 0.717) is 0 Å². The van der Waals surface area contributed by atoms with Gasteiger partial charge in [-0.3, -0.25) is 4.79 Å². The van der Waals surface area contributed by atoms with Crippen molar-refractivity contribution in [3.63, 3.8) is 0 Å². The van der Waals surface area contributed by atoms with Gasteiger partial charge in [-0.2, -0.15) is 5.10 Å². The maximum Gasteiger partial charge on any atom is 0.268 e. The molecule has 0 radical (unpaired) electrons. The van der Waals surface area contributed by atoms with Gasteiger partial charge < -0.3 is 5.32 Å². The van der Waals surface area contributed by atoms with Crippen LogP contribution in [0.15, 0.2) is 17.1 Å².